The lowest BCUT2D eigenvalue weighted by Gasteiger charge is -2.22. The Balaban J connectivity index is 1.68. The van der Waals surface area contributed by atoms with Crippen LogP contribution >= 0.6 is 0 Å². The van der Waals surface area contributed by atoms with Crippen molar-refractivity contribution < 1.29 is 4.74 Å². The molecule has 2 heterocycles. The summed E-state index contributed by atoms with van der Waals surface area (Å²) < 4.78 is 5.50. The van der Waals surface area contributed by atoms with Crippen molar-refractivity contribution in [2.24, 2.45) is 0 Å². The van der Waals surface area contributed by atoms with E-state index < -0.39 is 0 Å². The standard InChI is InChI=1S/C15H22N2O/c1-6-17(7-9-18-8-1)12-13-2-3-14-4-5-16-11-15(14)10-13/h2-3,10,16H,1,4-9,11-12H2. The molecule has 0 radical (unpaired) electrons. The first-order valence-corrected chi connectivity index (χ1v) is 7.03. The summed E-state index contributed by atoms with van der Waals surface area (Å²) in [5.74, 6) is 0. The molecule has 1 aromatic rings. The maximum atomic E-state index is 5.50. The van der Waals surface area contributed by atoms with Gasteiger partial charge in [-0.2, -0.15) is 0 Å². The van der Waals surface area contributed by atoms with E-state index in [0.29, 0.717) is 0 Å². The lowest BCUT2D eigenvalue weighted by Crippen LogP contribution is -2.27. The first kappa shape index (κ1) is 12.2. The smallest absolute Gasteiger partial charge is 0.0593 e. The number of nitrogens with zero attached hydrogens (tertiary/aromatic N) is 1. The summed E-state index contributed by atoms with van der Waals surface area (Å²) >= 11 is 0. The van der Waals surface area contributed by atoms with E-state index in [2.05, 4.69) is 28.4 Å². The van der Waals surface area contributed by atoms with Crippen LogP contribution in [-0.2, 0) is 24.2 Å². The van der Waals surface area contributed by atoms with Gasteiger partial charge in [0.2, 0.25) is 0 Å². The van der Waals surface area contributed by atoms with Gasteiger partial charge in [-0.1, -0.05) is 18.2 Å². The van der Waals surface area contributed by atoms with Crippen molar-refractivity contribution in [1.29, 1.82) is 0 Å². The summed E-state index contributed by atoms with van der Waals surface area (Å²) in [6, 6.07) is 7.00. The molecule has 1 saturated heterocycles. The molecular weight excluding hydrogens is 224 g/mol. The van der Waals surface area contributed by atoms with Gasteiger partial charge < -0.3 is 10.1 Å². The number of hydrogen-bond donors (Lipinski definition) is 1. The van der Waals surface area contributed by atoms with Crippen molar-refractivity contribution in [3.05, 3.63) is 34.9 Å². The molecule has 3 rings (SSSR count). The second-order valence-corrected chi connectivity index (χ2v) is 5.27. The van der Waals surface area contributed by atoms with E-state index in [1.54, 1.807) is 0 Å². The number of fused-ring (bicyclic) bond motifs is 1. The third-order valence-electron chi connectivity index (χ3n) is 3.88. The average molecular weight is 246 g/mol. The molecule has 0 bridgehead atoms. The second-order valence-electron chi connectivity index (χ2n) is 5.27. The van der Waals surface area contributed by atoms with Gasteiger partial charge in [0, 0.05) is 32.8 Å². The Bertz CT molecular complexity index is 397. The van der Waals surface area contributed by atoms with Gasteiger partial charge in [0.05, 0.1) is 6.61 Å². The predicted molar refractivity (Wildman–Crippen MR) is 72.6 cm³/mol. The lowest BCUT2D eigenvalue weighted by atomic mass is 9.98. The Labute approximate surface area is 109 Å². The number of benzene rings is 1. The third kappa shape index (κ3) is 2.91. The molecule has 1 aromatic carbocycles. The van der Waals surface area contributed by atoms with Crippen molar-refractivity contribution in [3.8, 4) is 0 Å². The van der Waals surface area contributed by atoms with Crippen LogP contribution in [0.3, 0.4) is 0 Å². The molecule has 0 unspecified atom stereocenters. The predicted octanol–water partition coefficient (Wildman–Crippen LogP) is 1.55. The normalized spacial score (nSPS) is 21.3. The maximum Gasteiger partial charge on any atom is 0.0593 e. The fourth-order valence-electron chi connectivity index (χ4n) is 2.85. The van der Waals surface area contributed by atoms with Gasteiger partial charge in [0.15, 0.2) is 0 Å². The van der Waals surface area contributed by atoms with Crippen LogP contribution in [0.5, 0.6) is 0 Å². The van der Waals surface area contributed by atoms with Gasteiger partial charge in [0.25, 0.3) is 0 Å². The number of hydrogen-bond acceptors (Lipinski definition) is 3. The molecule has 0 amide bonds. The van der Waals surface area contributed by atoms with E-state index in [4.69, 9.17) is 4.74 Å². The van der Waals surface area contributed by atoms with Crippen molar-refractivity contribution in [2.75, 3.05) is 32.8 Å². The Kier molecular flexibility index (Phi) is 3.93. The molecule has 98 valence electrons. The first-order valence-electron chi connectivity index (χ1n) is 7.03. The second kappa shape index (κ2) is 5.83. The monoisotopic (exact) mass is 246 g/mol. The molecule has 0 saturated carbocycles. The highest BCUT2D eigenvalue weighted by Gasteiger charge is 2.12. The van der Waals surface area contributed by atoms with Crippen LogP contribution in [0.1, 0.15) is 23.1 Å². The summed E-state index contributed by atoms with van der Waals surface area (Å²) in [6.07, 6.45) is 2.33. The fraction of sp³-hybridized carbons (Fsp3) is 0.600. The third-order valence-corrected chi connectivity index (χ3v) is 3.88. The molecule has 0 spiro atoms. The molecule has 1 N–H and O–H groups in total. The molecule has 18 heavy (non-hydrogen) atoms. The SMILES string of the molecule is c1cc2c(cc1CN1CCCOCC1)CNCC2. The topological polar surface area (TPSA) is 24.5 Å². The van der Waals surface area contributed by atoms with Gasteiger partial charge in [-0.25, -0.2) is 0 Å². The molecule has 0 atom stereocenters. The highest BCUT2D eigenvalue weighted by Crippen LogP contribution is 2.17. The van der Waals surface area contributed by atoms with Gasteiger partial charge in [-0.15, -0.1) is 0 Å². The molecule has 3 nitrogen and oxygen atoms in total. The van der Waals surface area contributed by atoms with E-state index in [0.717, 1.165) is 52.4 Å². The summed E-state index contributed by atoms with van der Waals surface area (Å²) in [6.45, 7) is 7.25. The number of nitrogens with one attached hydrogen (secondary N) is 1. The summed E-state index contributed by atoms with van der Waals surface area (Å²) in [5.41, 5.74) is 4.46. The quantitative estimate of drug-likeness (QED) is 0.857. The van der Waals surface area contributed by atoms with Crippen LogP contribution in [0.25, 0.3) is 0 Å². The van der Waals surface area contributed by atoms with Crippen molar-refractivity contribution in [2.45, 2.75) is 25.9 Å². The first-order chi connectivity index (χ1) is 8.92. The van der Waals surface area contributed by atoms with Crippen molar-refractivity contribution >= 4 is 0 Å². The van der Waals surface area contributed by atoms with Crippen molar-refractivity contribution in [1.82, 2.24) is 10.2 Å². The minimum Gasteiger partial charge on any atom is -0.380 e. The van der Waals surface area contributed by atoms with Crippen molar-refractivity contribution in [3.63, 3.8) is 0 Å². The lowest BCUT2D eigenvalue weighted by molar-refractivity contribution is 0.140. The van der Waals surface area contributed by atoms with Gasteiger partial charge in [0.1, 0.15) is 0 Å². The fourth-order valence-corrected chi connectivity index (χ4v) is 2.85. The molecule has 3 heteroatoms. The van der Waals surface area contributed by atoms with Crippen LogP contribution < -0.4 is 5.32 Å². The Morgan fingerprint density at radius 1 is 1.17 bits per heavy atom. The Hall–Kier alpha value is -0.900. The van der Waals surface area contributed by atoms with Gasteiger partial charge in [-0.05, 0) is 36.1 Å². The van der Waals surface area contributed by atoms with Crippen LogP contribution in [0.2, 0.25) is 0 Å². The minimum absolute atomic E-state index is 0.881. The zero-order valence-electron chi connectivity index (χ0n) is 11.0. The van der Waals surface area contributed by atoms with E-state index in [1.165, 1.54) is 23.1 Å². The highest BCUT2D eigenvalue weighted by atomic mass is 16.5. The van der Waals surface area contributed by atoms with E-state index in [1.807, 2.05) is 0 Å². The van der Waals surface area contributed by atoms with E-state index in [9.17, 15) is 0 Å². The van der Waals surface area contributed by atoms with E-state index >= 15 is 0 Å². The molecular formula is C15H22N2O. The largest absolute Gasteiger partial charge is 0.380 e. The molecule has 0 aliphatic carbocycles. The van der Waals surface area contributed by atoms with Crippen LogP contribution in [0.15, 0.2) is 18.2 Å². The molecule has 2 aliphatic rings. The minimum atomic E-state index is 0.881. The summed E-state index contributed by atoms with van der Waals surface area (Å²) in [5, 5.41) is 3.45. The van der Waals surface area contributed by atoms with Crippen LogP contribution in [0, 0.1) is 0 Å². The van der Waals surface area contributed by atoms with Gasteiger partial charge in [-0.3, -0.25) is 4.90 Å². The number of ether oxygens (including phenoxy) is 1. The van der Waals surface area contributed by atoms with Crippen LogP contribution in [0.4, 0.5) is 0 Å². The maximum absolute atomic E-state index is 5.50. The molecule has 0 aromatic heterocycles. The number of rotatable bonds is 2. The Morgan fingerprint density at radius 3 is 3.17 bits per heavy atom. The summed E-state index contributed by atoms with van der Waals surface area (Å²) in [7, 11) is 0. The van der Waals surface area contributed by atoms with E-state index in [-0.39, 0.29) is 0 Å². The average Bonchev–Trinajstić information content (AvgIpc) is 2.67. The zero-order chi connectivity index (χ0) is 12.2. The molecule has 2 aliphatic heterocycles. The van der Waals surface area contributed by atoms with Gasteiger partial charge >= 0.3 is 0 Å². The zero-order valence-corrected chi connectivity index (χ0v) is 11.0. The van der Waals surface area contributed by atoms with Crippen LogP contribution in [-0.4, -0.2) is 37.7 Å². The highest BCUT2D eigenvalue weighted by molar-refractivity contribution is 5.33. The summed E-state index contributed by atoms with van der Waals surface area (Å²) in [4.78, 5) is 2.50. The molecule has 1 fully saturated rings. The Morgan fingerprint density at radius 2 is 2.17 bits per heavy atom.